The fourth-order valence-electron chi connectivity index (χ4n) is 1.87. The summed E-state index contributed by atoms with van der Waals surface area (Å²) in [5, 5.41) is 11.3. The molecule has 19 heavy (non-hydrogen) atoms. The molecule has 0 saturated carbocycles. The average Bonchev–Trinajstić information content (AvgIpc) is 2.70. The summed E-state index contributed by atoms with van der Waals surface area (Å²) >= 11 is 0. The van der Waals surface area contributed by atoms with Crippen molar-refractivity contribution in [3.8, 4) is 0 Å². The summed E-state index contributed by atoms with van der Waals surface area (Å²) in [6.45, 7) is 0. The zero-order valence-corrected chi connectivity index (χ0v) is 10.7. The number of nitrogens with zero attached hydrogens (tertiary/aromatic N) is 1. The summed E-state index contributed by atoms with van der Waals surface area (Å²) < 4.78 is 22.5. The monoisotopic (exact) mass is 284 g/mol. The van der Waals surface area contributed by atoms with Gasteiger partial charge < -0.3 is 10.4 Å². The van der Waals surface area contributed by atoms with E-state index in [1.165, 1.54) is 18.3 Å². The van der Waals surface area contributed by atoms with Crippen molar-refractivity contribution in [2.75, 3.05) is 16.8 Å². The number of carbonyl (C=O) groups is 2. The third-order valence-electron chi connectivity index (χ3n) is 2.85. The third-order valence-corrected chi connectivity index (χ3v) is 4.62. The molecule has 8 heteroatoms. The van der Waals surface area contributed by atoms with Crippen molar-refractivity contribution in [1.82, 2.24) is 4.98 Å². The highest BCUT2D eigenvalue weighted by Crippen LogP contribution is 2.20. The van der Waals surface area contributed by atoms with Gasteiger partial charge in [0.1, 0.15) is 5.69 Å². The molecule has 2 rings (SSSR count). The Labute approximate surface area is 109 Å². The van der Waals surface area contributed by atoms with Gasteiger partial charge in [0.2, 0.25) is 5.91 Å². The molecule has 0 aliphatic carbocycles. The first kappa shape index (κ1) is 13.5. The summed E-state index contributed by atoms with van der Waals surface area (Å²) in [5.74, 6) is -2.33. The van der Waals surface area contributed by atoms with E-state index < -0.39 is 27.6 Å². The number of sulfone groups is 1. The quantitative estimate of drug-likeness (QED) is 0.817. The minimum atomic E-state index is -3.12. The Kier molecular flexibility index (Phi) is 3.52. The van der Waals surface area contributed by atoms with Crippen LogP contribution in [0.4, 0.5) is 5.69 Å². The van der Waals surface area contributed by atoms with Gasteiger partial charge >= 0.3 is 5.97 Å². The number of hydrogen-bond donors (Lipinski definition) is 2. The van der Waals surface area contributed by atoms with E-state index in [0.29, 0.717) is 12.1 Å². The molecule has 1 aliphatic heterocycles. The number of nitrogens with one attached hydrogen (secondary N) is 1. The van der Waals surface area contributed by atoms with E-state index in [2.05, 4.69) is 10.3 Å². The van der Waals surface area contributed by atoms with Crippen LogP contribution in [0, 0.1) is 5.92 Å². The lowest BCUT2D eigenvalue weighted by Gasteiger charge is -2.09. The minimum Gasteiger partial charge on any atom is -0.477 e. The highest BCUT2D eigenvalue weighted by Gasteiger charge is 2.32. The van der Waals surface area contributed by atoms with E-state index >= 15 is 0 Å². The first-order valence-corrected chi connectivity index (χ1v) is 7.40. The third kappa shape index (κ3) is 3.28. The lowest BCUT2D eigenvalue weighted by Crippen LogP contribution is -2.23. The van der Waals surface area contributed by atoms with Gasteiger partial charge in [-0.25, -0.2) is 18.2 Å². The molecule has 1 unspecified atom stereocenters. The van der Waals surface area contributed by atoms with Crippen LogP contribution in [-0.4, -0.2) is 41.9 Å². The largest absolute Gasteiger partial charge is 0.477 e. The van der Waals surface area contributed by atoms with Gasteiger partial charge in [0.25, 0.3) is 0 Å². The number of carboxylic acids is 1. The van der Waals surface area contributed by atoms with Gasteiger partial charge in [-0.05, 0) is 18.6 Å². The molecule has 2 heterocycles. The van der Waals surface area contributed by atoms with E-state index in [-0.39, 0.29) is 17.2 Å². The molecule has 1 fully saturated rings. The van der Waals surface area contributed by atoms with E-state index in [9.17, 15) is 18.0 Å². The van der Waals surface area contributed by atoms with Gasteiger partial charge in [0.05, 0.1) is 17.4 Å². The number of rotatable bonds is 3. The second-order valence-electron chi connectivity index (χ2n) is 4.32. The molecule has 0 radical (unpaired) electrons. The zero-order chi connectivity index (χ0) is 14.0. The van der Waals surface area contributed by atoms with Crippen LogP contribution in [0.25, 0.3) is 0 Å². The number of carbonyl (C=O) groups excluding carboxylic acids is 1. The number of aromatic nitrogens is 1. The SMILES string of the molecule is O=C(O)c1cc(NC(=O)C2CCS(=O)(=O)C2)ccn1. The lowest BCUT2D eigenvalue weighted by molar-refractivity contribution is -0.119. The minimum absolute atomic E-state index is 0.0157. The van der Waals surface area contributed by atoms with Crippen LogP contribution in [0.5, 0.6) is 0 Å². The molecule has 1 amide bonds. The summed E-state index contributed by atoms with van der Waals surface area (Å²) in [4.78, 5) is 26.2. The number of amides is 1. The van der Waals surface area contributed by atoms with Gasteiger partial charge in [-0.1, -0.05) is 0 Å². The number of anilines is 1. The maximum Gasteiger partial charge on any atom is 0.354 e. The van der Waals surface area contributed by atoms with E-state index in [1.54, 1.807) is 0 Å². The molecule has 7 nitrogen and oxygen atoms in total. The van der Waals surface area contributed by atoms with Crippen LogP contribution in [0.15, 0.2) is 18.3 Å². The van der Waals surface area contributed by atoms with Crippen molar-refractivity contribution < 1.29 is 23.1 Å². The molecule has 0 spiro atoms. The number of hydrogen-bond acceptors (Lipinski definition) is 5. The van der Waals surface area contributed by atoms with Gasteiger partial charge in [0, 0.05) is 11.9 Å². The van der Waals surface area contributed by atoms with Crippen molar-refractivity contribution in [2.24, 2.45) is 5.92 Å². The van der Waals surface area contributed by atoms with E-state index in [4.69, 9.17) is 5.11 Å². The molecule has 1 aliphatic rings. The Morgan fingerprint density at radius 3 is 2.74 bits per heavy atom. The zero-order valence-electron chi connectivity index (χ0n) is 9.87. The van der Waals surface area contributed by atoms with Gasteiger partial charge in [-0.15, -0.1) is 0 Å². The van der Waals surface area contributed by atoms with Crippen molar-refractivity contribution >= 4 is 27.4 Å². The smallest absolute Gasteiger partial charge is 0.354 e. The topological polar surface area (TPSA) is 113 Å². The van der Waals surface area contributed by atoms with Crippen LogP contribution in [0.1, 0.15) is 16.9 Å². The molecule has 0 aromatic carbocycles. The van der Waals surface area contributed by atoms with Crippen molar-refractivity contribution in [1.29, 1.82) is 0 Å². The summed E-state index contributed by atoms with van der Waals surface area (Å²) in [6.07, 6.45) is 1.56. The van der Waals surface area contributed by atoms with Crippen LogP contribution in [0.2, 0.25) is 0 Å². The first-order valence-electron chi connectivity index (χ1n) is 5.58. The first-order chi connectivity index (χ1) is 8.87. The van der Waals surface area contributed by atoms with Crippen LogP contribution >= 0.6 is 0 Å². The maximum absolute atomic E-state index is 11.8. The van der Waals surface area contributed by atoms with Crippen LogP contribution < -0.4 is 5.32 Å². The summed E-state index contributed by atoms with van der Waals surface area (Å²) in [5.41, 5.74) is 0.110. The molecule has 0 bridgehead atoms. The van der Waals surface area contributed by atoms with Crippen molar-refractivity contribution in [2.45, 2.75) is 6.42 Å². The molecule has 2 N–H and O–H groups in total. The second kappa shape index (κ2) is 4.96. The Morgan fingerprint density at radius 2 is 2.16 bits per heavy atom. The maximum atomic E-state index is 11.8. The lowest BCUT2D eigenvalue weighted by atomic mass is 10.1. The Morgan fingerprint density at radius 1 is 1.42 bits per heavy atom. The number of carboxylic acid groups (broad SMARTS) is 1. The number of pyridine rings is 1. The van der Waals surface area contributed by atoms with Crippen molar-refractivity contribution in [3.05, 3.63) is 24.0 Å². The molecular weight excluding hydrogens is 272 g/mol. The van der Waals surface area contributed by atoms with Gasteiger partial charge in [-0.2, -0.15) is 0 Å². The van der Waals surface area contributed by atoms with Gasteiger partial charge in [0.15, 0.2) is 9.84 Å². The molecule has 1 aromatic rings. The Hall–Kier alpha value is -1.96. The average molecular weight is 284 g/mol. The molecule has 1 saturated heterocycles. The highest BCUT2D eigenvalue weighted by molar-refractivity contribution is 7.91. The Balaban J connectivity index is 2.07. The standard InChI is InChI=1S/C11H12N2O5S/c14-10(7-2-4-19(17,18)6-7)13-8-1-3-12-9(5-8)11(15)16/h1,3,5,7H,2,4,6H2,(H,15,16)(H,12,13,14). The predicted molar refractivity (Wildman–Crippen MR) is 66.6 cm³/mol. The van der Waals surface area contributed by atoms with Gasteiger partial charge in [-0.3, -0.25) is 4.79 Å². The molecule has 1 aromatic heterocycles. The molecule has 1 atom stereocenters. The molecule has 102 valence electrons. The summed E-state index contributed by atoms with van der Waals surface area (Å²) in [6, 6.07) is 2.68. The van der Waals surface area contributed by atoms with Crippen LogP contribution in [0.3, 0.4) is 0 Å². The predicted octanol–water partition coefficient (Wildman–Crippen LogP) is 0.153. The Bertz CT molecular complexity index is 626. The summed E-state index contributed by atoms with van der Waals surface area (Å²) in [7, 11) is -3.12. The normalized spacial score (nSPS) is 20.9. The van der Waals surface area contributed by atoms with Crippen LogP contribution in [-0.2, 0) is 14.6 Å². The fourth-order valence-corrected chi connectivity index (χ4v) is 3.61. The van der Waals surface area contributed by atoms with E-state index in [1.807, 2.05) is 0 Å². The van der Waals surface area contributed by atoms with Crippen molar-refractivity contribution in [3.63, 3.8) is 0 Å². The second-order valence-corrected chi connectivity index (χ2v) is 6.55. The highest BCUT2D eigenvalue weighted by atomic mass is 32.2. The van der Waals surface area contributed by atoms with E-state index in [0.717, 1.165) is 0 Å². The molecular formula is C11H12N2O5S. The number of aromatic carboxylic acids is 1. The fraction of sp³-hybridized carbons (Fsp3) is 0.364.